The standard InChI is InChI=1S/C20H20ClN3O3/c1-23(10-11-27-12-25)8-9-24-16-7-3-5-14-18(16)19(22-24)13-4-2-6-15(21)17(13)20(14)26/h2-7,12,14,18H,8-11H2,1H3. The zero-order valence-corrected chi connectivity index (χ0v) is 15.7. The Morgan fingerprint density at radius 3 is 3.04 bits per heavy atom. The number of hydrazone groups is 1. The van der Waals surface area contributed by atoms with Crippen LogP contribution in [-0.2, 0) is 9.53 Å². The van der Waals surface area contributed by atoms with Crippen molar-refractivity contribution in [3.05, 3.63) is 58.3 Å². The third-order valence-electron chi connectivity index (χ3n) is 5.28. The first-order valence-corrected chi connectivity index (χ1v) is 9.31. The summed E-state index contributed by atoms with van der Waals surface area (Å²) in [6.45, 7) is 2.93. The van der Waals surface area contributed by atoms with Gasteiger partial charge in [-0.05, 0) is 19.2 Å². The van der Waals surface area contributed by atoms with Gasteiger partial charge in [-0.1, -0.05) is 35.9 Å². The predicted molar refractivity (Wildman–Crippen MR) is 103 cm³/mol. The van der Waals surface area contributed by atoms with E-state index in [-0.39, 0.29) is 17.6 Å². The van der Waals surface area contributed by atoms with Crippen molar-refractivity contribution in [2.24, 2.45) is 16.9 Å². The lowest BCUT2D eigenvalue weighted by Gasteiger charge is -2.31. The van der Waals surface area contributed by atoms with Crippen LogP contribution in [-0.4, -0.2) is 61.2 Å². The Labute approximate surface area is 162 Å². The molecule has 0 spiro atoms. The Bertz CT molecular complexity index is 877. The SMILES string of the molecule is CN(CCOC=O)CCN1N=C2c3cccc(Cl)c3C(=O)C3C=CC=C1C23. The number of halogens is 1. The second-order valence-electron chi connectivity index (χ2n) is 6.89. The predicted octanol–water partition coefficient (Wildman–Crippen LogP) is 2.35. The van der Waals surface area contributed by atoms with E-state index >= 15 is 0 Å². The van der Waals surface area contributed by atoms with Crippen molar-refractivity contribution in [3.63, 3.8) is 0 Å². The number of nitrogens with zero attached hydrogens (tertiary/aromatic N) is 3. The molecule has 2 aliphatic carbocycles. The van der Waals surface area contributed by atoms with Crippen LogP contribution in [0, 0.1) is 11.8 Å². The Balaban J connectivity index is 1.59. The molecule has 2 atom stereocenters. The summed E-state index contributed by atoms with van der Waals surface area (Å²) in [7, 11) is 1.97. The highest BCUT2D eigenvalue weighted by Crippen LogP contribution is 2.44. The zero-order valence-electron chi connectivity index (χ0n) is 15.0. The molecule has 0 aromatic heterocycles. The number of rotatable bonds is 7. The van der Waals surface area contributed by atoms with Crippen molar-refractivity contribution >= 4 is 29.6 Å². The van der Waals surface area contributed by atoms with Crippen molar-refractivity contribution in [3.8, 4) is 0 Å². The number of likely N-dealkylation sites (N-methyl/N-ethyl adjacent to an activating group) is 1. The van der Waals surface area contributed by atoms with Crippen molar-refractivity contribution in [1.29, 1.82) is 0 Å². The van der Waals surface area contributed by atoms with Crippen LogP contribution >= 0.6 is 11.6 Å². The number of carbonyl (C=O) groups is 2. The summed E-state index contributed by atoms with van der Waals surface area (Å²) < 4.78 is 4.75. The summed E-state index contributed by atoms with van der Waals surface area (Å²) in [6, 6.07) is 5.55. The summed E-state index contributed by atoms with van der Waals surface area (Å²) >= 11 is 6.33. The van der Waals surface area contributed by atoms with Crippen LogP contribution in [0.3, 0.4) is 0 Å². The van der Waals surface area contributed by atoms with Gasteiger partial charge >= 0.3 is 0 Å². The first kappa shape index (κ1) is 17.9. The van der Waals surface area contributed by atoms with Crippen LogP contribution in [0.5, 0.6) is 0 Å². The van der Waals surface area contributed by atoms with E-state index in [0.29, 0.717) is 36.8 Å². The molecule has 0 N–H and O–H groups in total. The first-order valence-electron chi connectivity index (χ1n) is 8.93. The number of Topliss-reactive ketones (excluding diaryl/α,β-unsaturated/α-hetero) is 1. The van der Waals surface area contributed by atoms with Crippen LogP contribution in [0.2, 0.25) is 5.02 Å². The molecule has 0 bridgehead atoms. The molecule has 2 unspecified atom stereocenters. The topological polar surface area (TPSA) is 62.2 Å². The molecule has 0 radical (unpaired) electrons. The third kappa shape index (κ3) is 3.09. The van der Waals surface area contributed by atoms with Crippen molar-refractivity contribution in [2.45, 2.75) is 0 Å². The minimum Gasteiger partial charge on any atom is -0.467 e. The van der Waals surface area contributed by atoms with E-state index in [0.717, 1.165) is 23.5 Å². The highest BCUT2D eigenvalue weighted by molar-refractivity contribution is 6.36. The van der Waals surface area contributed by atoms with Gasteiger partial charge in [0.15, 0.2) is 5.78 Å². The molecule has 1 aromatic rings. The summed E-state index contributed by atoms with van der Waals surface area (Å²) in [4.78, 5) is 25.4. The van der Waals surface area contributed by atoms with E-state index in [1.807, 2.05) is 42.4 Å². The largest absolute Gasteiger partial charge is 0.467 e. The molecule has 27 heavy (non-hydrogen) atoms. The molecule has 140 valence electrons. The van der Waals surface area contributed by atoms with E-state index in [4.69, 9.17) is 21.4 Å². The van der Waals surface area contributed by atoms with Crippen LogP contribution in [0.4, 0.5) is 0 Å². The number of benzene rings is 1. The molecule has 0 saturated heterocycles. The molecule has 6 nitrogen and oxygen atoms in total. The summed E-state index contributed by atoms with van der Waals surface area (Å²) in [5.74, 6) is -0.233. The molecule has 0 fully saturated rings. The van der Waals surface area contributed by atoms with Gasteiger partial charge < -0.3 is 9.64 Å². The lowest BCUT2D eigenvalue weighted by molar-refractivity contribution is -0.129. The highest BCUT2D eigenvalue weighted by atomic mass is 35.5. The first-order chi connectivity index (χ1) is 13.1. The van der Waals surface area contributed by atoms with E-state index in [1.165, 1.54) is 0 Å². The second kappa shape index (κ2) is 7.29. The van der Waals surface area contributed by atoms with E-state index in [9.17, 15) is 9.59 Å². The Hall–Kier alpha value is -2.44. The molecule has 1 aliphatic heterocycles. The lowest BCUT2D eigenvalue weighted by atomic mass is 9.71. The fraction of sp³-hybridized carbons (Fsp3) is 0.350. The van der Waals surface area contributed by atoms with Gasteiger partial charge in [0.1, 0.15) is 6.61 Å². The summed E-state index contributed by atoms with van der Waals surface area (Å²) in [5.41, 5.74) is 3.38. The minimum absolute atomic E-state index is 0.0443. The van der Waals surface area contributed by atoms with Gasteiger partial charge in [0.25, 0.3) is 6.47 Å². The van der Waals surface area contributed by atoms with Crippen LogP contribution < -0.4 is 0 Å². The van der Waals surface area contributed by atoms with Gasteiger partial charge in [-0.25, -0.2) is 0 Å². The summed E-state index contributed by atoms with van der Waals surface area (Å²) in [6.07, 6.45) is 5.92. The molecular weight excluding hydrogens is 366 g/mol. The Morgan fingerprint density at radius 1 is 1.37 bits per heavy atom. The highest BCUT2D eigenvalue weighted by Gasteiger charge is 2.47. The quantitative estimate of drug-likeness (QED) is 0.532. The van der Waals surface area contributed by atoms with Gasteiger partial charge in [0, 0.05) is 29.9 Å². The summed E-state index contributed by atoms with van der Waals surface area (Å²) in [5, 5.41) is 7.32. The zero-order chi connectivity index (χ0) is 19.0. The fourth-order valence-electron chi connectivity index (χ4n) is 3.91. The molecule has 0 saturated carbocycles. The van der Waals surface area contributed by atoms with Crippen LogP contribution in [0.15, 0.2) is 47.2 Å². The number of fused-ring (bicyclic) bond motifs is 2. The third-order valence-corrected chi connectivity index (χ3v) is 5.59. The number of carbonyl (C=O) groups excluding carboxylic acids is 2. The molecule has 7 heteroatoms. The monoisotopic (exact) mass is 385 g/mol. The van der Waals surface area contributed by atoms with E-state index in [1.54, 1.807) is 6.07 Å². The van der Waals surface area contributed by atoms with Crippen LogP contribution in [0.25, 0.3) is 0 Å². The van der Waals surface area contributed by atoms with Crippen molar-refractivity contribution < 1.29 is 14.3 Å². The van der Waals surface area contributed by atoms with E-state index in [2.05, 4.69) is 4.90 Å². The molecule has 1 heterocycles. The lowest BCUT2D eigenvalue weighted by Crippen LogP contribution is -2.37. The number of allylic oxidation sites excluding steroid dienone is 4. The maximum atomic E-state index is 13.0. The smallest absolute Gasteiger partial charge is 0.293 e. The van der Waals surface area contributed by atoms with Gasteiger partial charge in [-0.2, -0.15) is 5.10 Å². The number of hydrogen-bond acceptors (Lipinski definition) is 6. The average Bonchev–Trinajstić information content (AvgIpc) is 3.04. The number of ketones is 1. The van der Waals surface area contributed by atoms with E-state index < -0.39 is 0 Å². The van der Waals surface area contributed by atoms with Gasteiger partial charge in [-0.15, -0.1) is 0 Å². The Morgan fingerprint density at radius 2 is 2.22 bits per heavy atom. The molecule has 4 rings (SSSR count). The second-order valence-corrected chi connectivity index (χ2v) is 7.29. The normalized spacial score (nSPS) is 22.3. The molecular formula is C20H20ClN3O3. The van der Waals surface area contributed by atoms with Gasteiger partial charge in [0.05, 0.1) is 29.1 Å². The van der Waals surface area contributed by atoms with Gasteiger partial charge in [0.2, 0.25) is 0 Å². The molecule has 1 aromatic carbocycles. The molecule has 0 amide bonds. The van der Waals surface area contributed by atoms with Crippen molar-refractivity contribution in [2.75, 3.05) is 33.3 Å². The average molecular weight is 386 g/mol. The maximum Gasteiger partial charge on any atom is 0.293 e. The van der Waals surface area contributed by atoms with Crippen molar-refractivity contribution in [1.82, 2.24) is 9.91 Å². The number of hydrogen-bond donors (Lipinski definition) is 0. The molecule has 3 aliphatic rings. The van der Waals surface area contributed by atoms with Gasteiger partial charge in [-0.3, -0.25) is 14.6 Å². The Kier molecular flexibility index (Phi) is 4.85. The minimum atomic E-state index is -0.250. The maximum absolute atomic E-state index is 13.0. The van der Waals surface area contributed by atoms with Crippen LogP contribution in [0.1, 0.15) is 15.9 Å². The fourth-order valence-corrected chi connectivity index (χ4v) is 4.17. The number of ether oxygens (including phenoxy) is 1.